The molecule has 0 saturated carbocycles. The van der Waals surface area contributed by atoms with Gasteiger partial charge in [-0.3, -0.25) is 4.79 Å². The van der Waals surface area contributed by atoms with Gasteiger partial charge in [-0.15, -0.1) is 0 Å². The number of hydrogen-bond acceptors (Lipinski definition) is 3. The largest absolute Gasteiger partial charge is 0.367 e. The summed E-state index contributed by atoms with van der Waals surface area (Å²) in [6.45, 7) is 6.35. The van der Waals surface area contributed by atoms with Crippen LogP contribution in [0.5, 0.6) is 0 Å². The molecule has 0 bridgehead atoms. The van der Waals surface area contributed by atoms with E-state index in [1.807, 2.05) is 11.8 Å². The Kier molecular flexibility index (Phi) is 5.29. The Labute approximate surface area is 136 Å². The highest BCUT2D eigenvalue weighted by molar-refractivity contribution is 6.33. The zero-order valence-corrected chi connectivity index (χ0v) is 13.9. The van der Waals surface area contributed by atoms with Crippen LogP contribution in [0.15, 0.2) is 18.2 Å². The van der Waals surface area contributed by atoms with Crippen molar-refractivity contribution >= 4 is 23.2 Å². The van der Waals surface area contributed by atoms with Crippen LogP contribution >= 0.6 is 11.6 Å². The molecule has 0 radical (unpaired) electrons. The Morgan fingerprint density at radius 2 is 2.00 bits per heavy atom. The predicted molar refractivity (Wildman–Crippen MR) is 87.7 cm³/mol. The Bertz CT molecular complexity index is 542. The minimum atomic E-state index is -0.801. The quantitative estimate of drug-likeness (QED) is 0.925. The van der Waals surface area contributed by atoms with Gasteiger partial charge in [0.15, 0.2) is 0 Å². The van der Waals surface area contributed by atoms with Crippen LogP contribution in [0, 0.1) is 5.82 Å². The highest BCUT2D eigenvalue weighted by Gasteiger charge is 2.33. The van der Waals surface area contributed by atoms with E-state index in [1.54, 1.807) is 13.0 Å². The molecule has 1 fully saturated rings. The second-order valence-electron chi connectivity index (χ2n) is 6.04. The molecule has 1 aromatic carbocycles. The summed E-state index contributed by atoms with van der Waals surface area (Å²) >= 11 is 6.09. The number of amides is 1. The highest BCUT2D eigenvalue weighted by atomic mass is 35.5. The van der Waals surface area contributed by atoms with Crippen molar-refractivity contribution in [2.24, 2.45) is 5.73 Å². The molecule has 1 aliphatic rings. The molecule has 1 aliphatic heterocycles. The van der Waals surface area contributed by atoms with Crippen LogP contribution in [0.3, 0.4) is 0 Å². The number of nitrogens with zero attached hydrogens (tertiary/aromatic N) is 2. The molecule has 1 unspecified atom stereocenters. The van der Waals surface area contributed by atoms with Gasteiger partial charge >= 0.3 is 0 Å². The van der Waals surface area contributed by atoms with E-state index < -0.39 is 5.54 Å². The molecule has 0 aliphatic carbocycles. The molecule has 2 rings (SSSR count). The molecule has 1 aromatic rings. The molecule has 6 heteroatoms. The summed E-state index contributed by atoms with van der Waals surface area (Å²) in [6, 6.07) is 4.39. The molecule has 1 amide bonds. The van der Waals surface area contributed by atoms with E-state index >= 15 is 0 Å². The van der Waals surface area contributed by atoms with E-state index in [-0.39, 0.29) is 11.7 Å². The Morgan fingerprint density at radius 1 is 1.36 bits per heavy atom. The number of piperazine rings is 1. The minimum Gasteiger partial charge on any atom is -0.367 e. The molecule has 22 heavy (non-hydrogen) atoms. The molecule has 4 nitrogen and oxygen atoms in total. The van der Waals surface area contributed by atoms with Crippen molar-refractivity contribution in [3.8, 4) is 0 Å². The van der Waals surface area contributed by atoms with Crippen LogP contribution in [0.1, 0.15) is 26.7 Å². The molecule has 1 saturated heterocycles. The average Bonchev–Trinajstić information content (AvgIpc) is 2.47. The zero-order valence-electron chi connectivity index (χ0n) is 13.1. The first-order chi connectivity index (χ1) is 10.3. The molecule has 2 N–H and O–H groups in total. The second kappa shape index (κ2) is 6.84. The zero-order chi connectivity index (χ0) is 16.3. The van der Waals surface area contributed by atoms with Crippen molar-refractivity contribution in [2.45, 2.75) is 32.2 Å². The van der Waals surface area contributed by atoms with E-state index in [2.05, 4.69) is 4.90 Å². The lowest BCUT2D eigenvalue weighted by Gasteiger charge is -2.39. The number of carbonyl (C=O) groups excluding carboxylic acids is 1. The number of anilines is 1. The van der Waals surface area contributed by atoms with Crippen molar-refractivity contribution < 1.29 is 9.18 Å². The van der Waals surface area contributed by atoms with E-state index in [0.717, 1.165) is 12.1 Å². The number of hydrogen-bond donors (Lipinski definition) is 1. The minimum absolute atomic E-state index is 0.000738. The van der Waals surface area contributed by atoms with Crippen molar-refractivity contribution in [3.63, 3.8) is 0 Å². The molecule has 122 valence electrons. The monoisotopic (exact) mass is 327 g/mol. The van der Waals surface area contributed by atoms with Gasteiger partial charge in [-0.05, 0) is 31.5 Å². The standard InChI is InChI=1S/C16H23ClFN3O/c1-3-6-16(2,19)15(22)21-9-7-20(8-10-21)14-5-4-12(18)11-13(14)17/h4-5,11H,3,6-10,19H2,1-2H3. The second-order valence-corrected chi connectivity index (χ2v) is 6.45. The summed E-state index contributed by atoms with van der Waals surface area (Å²) in [5.41, 5.74) is 6.12. The average molecular weight is 328 g/mol. The first-order valence-corrected chi connectivity index (χ1v) is 8.01. The Hall–Kier alpha value is -1.33. The third-order valence-corrected chi connectivity index (χ3v) is 4.38. The molecular formula is C16H23ClFN3O. The normalized spacial score (nSPS) is 18.2. The van der Waals surface area contributed by atoms with Crippen molar-refractivity contribution in [1.29, 1.82) is 0 Å². The summed E-state index contributed by atoms with van der Waals surface area (Å²) in [6.07, 6.45) is 1.56. The van der Waals surface area contributed by atoms with Gasteiger partial charge in [0.1, 0.15) is 5.82 Å². The van der Waals surface area contributed by atoms with Gasteiger partial charge in [0.2, 0.25) is 5.91 Å². The number of halogens is 2. The molecule has 1 heterocycles. The number of rotatable bonds is 4. The summed E-state index contributed by atoms with van der Waals surface area (Å²) in [7, 11) is 0. The fourth-order valence-electron chi connectivity index (χ4n) is 2.88. The van der Waals surface area contributed by atoms with Crippen molar-refractivity contribution in [3.05, 3.63) is 29.0 Å². The maximum Gasteiger partial charge on any atom is 0.242 e. The van der Waals surface area contributed by atoms with Crippen LogP contribution in [-0.4, -0.2) is 42.5 Å². The van der Waals surface area contributed by atoms with E-state index in [9.17, 15) is 9.18 Å². The van der Waals surface area contributed by atoms with E-state index in [1.165, 1.54) is 12.1 Å². The maximum absolute atomic E-state index is 13.1. The van der Waals surface area contributed by atoms with Gasteiger partial charge in [0.25, 0.3) is 0 Å². The molecule has 1 atom stereocenters. The van der Waals surface area contributed by atoms with Gasteiger partial charge in [-0.1, -0.05) is 24.9 Å². The third-order valence-electron chi connectivity index (χ3n) is 4.08. The van der Waals surface area contributed by atoms with Gasteiger partial charge in [0.05, 0.1) is 16.2 Å². The summed E-state index contributed by atoms with van der Waals surface area (Å²) < 4.78 is 13.1. The molecule has 0 aromatic heterocycles. The third kappa shape index (κ3) is 3.70. The summed E-state index contributed by atoms with van der Waals surface area (Å²) in [4.78, 5) is 16.3. The molecular weight excluding hydrogens is 305 g/mol. The lowest BCUT2D eigenvalue weighted by Crippen LogP contribution is -2.58. The van der Waals surface area contributed by atoms with Crippen LogP contribution in [0.25, 0.3) is 0 Å². The van der Waals surface area contributed by atoms with Crippen LogP contribution in [0.2, 0.25) is 5.02 Å². The summed E-state index contributed by atoms with van der Waals surface area (Å²) in [5, 5.41) is 0.398. The van der Waals surface area contributed by atoms with Gasteiger partial charge in [0, 0.05) is 26.2 Å². The fraction of sp³-hybridized carbons (Fsp3) is 0.562. The van der Waals surface area contributed by atoms with Crippen LogP contribution in [-0.2, 0) is 4.79 Å². The Balaban J connectivity index is 2.00. The first-order valence-electron chi connectivity index (χ1n) is 7.63. The predicted octanol–water partition coefficient (Wildman–Crippen LogP) is 2.65. The fourth-order valence-corrected chi connectivity index (χ4v) is 3.16. The van der Waals surface area contributed by atoms with Crippen LogP contribution in [0.4, 0.5) is 10.1 Å². The lowest BCUT2D eigenvalue weighted by molar-refractivity contribution is -0.137. The number of carbonyl (C=O) groups is 1. The van der Waals surface area contributed by atoms with Gasteiger partial charge in [-0.2, -0.15) is 0 Å². The topological polar surface area (TPSA) is 49.6 Å². The lowest BCUT2D eigenvalue weighted by atomic mass is 9.95. The van der Waals surface area contributed by atoms with Crippen molar-refractivity contribution in [2.75, 3.05) is 31.1 Å². The summed E-state index contributed by atoms with van der Waals surface area (Å²) in [5.74, 6) is -0.347. The Morgan fingerprint density at radius 3 is 2.55 bits per heavy atom. The van der Waals surface area contributed by atoms with Crippen molar-refractivity contribution in [1.82, 2.24) is 4.90 Å². The van der Waals surface area contributed by atoms with E-state index in [0.29, 0.717) is 37.6 Å². The smallest absolute Gasteiger partial charge is 0.242 e. The SMILES string of the molecule is CCCC(C)(N)C(=O)N1CCN(c2ccc(F)cc2Cl)CC1. The number of nitrogens with two attached hydrogens (primary N) is 1. The van der Waals surface area contributed by atoms with Crippen LogP contribution < -0.4 is 10.6 Å². The first kappa shape index (κ1) is 17.0. The van der Waals surface area contributed by atoms with E-state index in [4.69, 9.17) is 17.3 Å². The van der Waals surface area contributed by atoms with Gasteiger partial charge in [-0.25, -0.2) is 4.39 Å². The number of benzene rings is 1. The molecule has 0 spiro atoms. The van der Waals surface area contributed by atoms with Gasteiger partial charge < -0.3 is 15.5 Å². The maximum atomic E-state index is 13.1. The highest BCUT2D eigenvalue weighted by Crippen LogP contribution is 2.27.